The smallest absolute Gasteiger partial charge is 0.320 e. The van der Waals surface area contributed by atoms with Gasteiger partial charge in [0.2, 0.25) is 0 Å². The van der Waals surface area contributed by atoms with Crippen LogP contribution in [0.1, 0.15) is 25.3 Å². The summed E-state index contributed by atoms with van der Waals surface area (Å²) in [7, 11) is 1.80. The average Bonchev–Trinajstić information content (AvgIpc) is 3.00. The Morgan fingerprint density at radius 2 is 2.37 bits per heavy atom. The quantitative estimate of drug-likeness (QED) is 0.902. The normalized spacial score (nSPS) is 13.8. The molecular formula is C12H17N5OS. The summed E-state index contributed by atoms with van der Waals surface area (Å²) in [5, 5.41) is 12.5. The zero-order valence-electron chi connectivity index (χ0n) is 11.2. The van der Waals surface area contributed by atoms with Crippen molar-refractivity contribution in [1.82, 2.24) is 20.1 Å². The minimum atomic E-state index is -0.458. The first-order valence-corrected chi connectivity index (χ1v) is 6.89. The number of hydrogen-bond donors (Lipinski definition) is 2. The summed E-state index contributed by atoms with van der Waals surface area (Å²) in [6.07, 6.45) is 5.86. The van der Waals surface area contributed by atoms with Crippen molar-refractivity contribution in [3.63, 3.8) is 0 Å². The summed E-state index contributed by atoms with van der Waals surface area (Å²) in [5.74, 6) is 0. The maximum Gasteiger partial charge on any atom is 0.320 e. The number of hydrogen-bond acceptors (Lipinski definition) is 4. The van der Waals surface area contributed by atoms with Gasteiger partial charge in [0.1, 0.15) is 5.01 Å². The van der Waals surface area contributed by atoms with Crippen molar-refractivity contribution in [3.05, 3.63) is 29.0 Å². The number of rotatable bonds is 4. The molecule has 7 heteroatoms. The van der Waals surface area contributed by atoms with Gasteiger partial charge < -0.3 is 10.6 Å². The van der Waals surface area contributed by atoms with Crippen LogP contribution in [0.5, 0.6) is 0 Å². The molecule has 0 aromatic carbocycles. The molecule has 2 aromatic heterocycles. The second-order valence-corrected chi connectivity index (χ2v) is 5.40. The molecule has 0 spiro atoms. The summed E-state index contributed by atoms with van der Waals surface area (Å²) >= 11 is 1.54. The Bertz CT molecular complexity index is 550. The number of nitrogens with one attached hydrogen (secondary N) is 2. The molecule has 0 saturated carbocycles. The van der Waals surface area contributed by atoms with Gasteiger partial charge in [0.15, 0.2) is 0 Å². The van der Waals surface area contributed by atoms with E-state index in [2.05, 4.69) is 20.7 Å². The number of amides is 2. The summed E-state index contributed by atoms with van der Waals surface area (Å²) < 4.78 is 1.63. The van der Waals surface area contributed by atoms with Crippen LogP contribution in [0, 0.1) is 0 Å². The largest absolute Gasteiger partial charge is 0.326 e. The lowest BCUT2D eigenvalue weighted by Crippen LogP contribution is -2.45. The lowest BCUT2D eigenvalue weighted by atomic mass is 10.0. The van der Waals surface area contributed by atoms with E-state index in [1.807, 2.05) is 19.2 Å². The topological polar surface area (TPSA) is 71.8 Å². The van der Waals surface area contributed by atoms with E-state index in [1.165, 1.54) is 11.3 Å². The van der Waals surface area contributed by atoms with E-state index in [1.54, 1.807) is 30.3 Å². The Balaban J connectivity index is 2.04. The molecule has 0 aliphatic heterocycles. The zero-order valence-corrected chi connectivity index (χ0v) is 12.0. The van der Waals surface area contributed by atoms with Crippen molar-refractivity contribution >= 4 is 23.1 Å². The molecular weight excluding hydrogens is 262 g/mol. The third-order valence-corrected chi connectivity index (χ3v) is 4.00. The van der Waals surface area contributed by atoms with Crippen LogP contribution < -0.4 is 10.6 Å². The molecule has 0 bridgehead atoms. The van der Waals surface area contributed by atoms with Crippen LogP contribution in [0.15, 0.2) is 24.0 Å². The van der Waals surface area contributed by atoms with Crippen molar-refractivity contribution in [1.29, 1.82) is 0 Å². The fraction of sp³-hybridized carbons (Fsp3) is 0.417. The van der Waals surface area contributed by atoms with E-state index in [0.29, 0.717) is 5.69 Å². The molecule has 102 valence electrons. The van der Waals surface area contributed by atoms with Crippen molar-refractivity contribution in [2.24, 2.45) is 7.05 Å². The highest BCUT2D eigenvalue weighted by Gasteiger charge is 2.29. The van der Waals surface area contributed by atoms with Crippen molar-refractivity contribution in [2.75, 3.05) is 5.32 Å². The Hall–Kier alpha value is -1.89. The number of urea groups is 1. The average molecular weight is 279 g/mol. The maximum absolute atomic E-state index is 12.0. The van der Waals surface area contributed by atoms with Gasteiger partial charge in [-0.3, -0.25) is 4.68 Å². The Morgan fingerprint density at radius 1 is 1.58 bits per heavy atom. The van der Waals surface area contributed by atoms with Crippen LogP contribution >= 0.6 is 11.3 Å². The van der Waals surface area contributed by atoms with Crippen molar-refractivity contribution in [3.8, 4) is 0 Å². The highest BCUT2D eigenvalue weighted by atomic mass is 32.1. The highest BCUT2D eigenvalue weighted by Crippen LogP contribution is 2.26. The van der Waals surface area contributed by atoms with Crippen LogP contribution in [-0.2, 0) is 12.6 Å². The molecule has 2 N–H and O–H groups in total. The van der Waals surface area contributed by atoms with E-state index < -0.39 is 5.54 Å². The number of aryl methyl sites for hydroxylation is 1. The van der Waals surface area contributed by atoms with Gasteiger partial charge in [0.25, 0.3) is 0 Å². The van der Waals surface area contributed by atoms with E-state index in [9.17, 15) is 4.79 Å². The number of carbonyl (C=O) groups is 1. The lowest BCUT2D eigenvalue weighted by Gasteiger charge is -2.27. The molecule has 2 rings (SSSR count). The van der Waals surface area contributed by atoms with E-state index in [4.69, 9.17) is 0 Å². The van der Waals surface area contributed by atoms with Crippen molar-refractivity contribution < 1.29 is 4.79 Å². The Kier molecular flexibility index (Phi) is 3.84. The molecule has 1 atom stereocenters. The van der Waals surface area contributed by atoms with Gasteiger partial charge >= 0.3 is 6.03 Å². The standard InChI is InChI=1S/C12H17N5OS/c1-4-12(2,10-13-5-6-19-10)16-11(18)15-9-7-14-17(3)8-9/h5-8H,4H2,1-3H3,(H2,15,16,18). The van der Waals surface area contributed by atoms with Crippen molar-refractivity contribution in [2.45, 2.75) is 25.8 Å². The minimum Gasteiger partial charge on any atom is -0.326 e. The van der Waals surface area contributed by atoms with E-state index >= 15 is 0 Å². The molecule has 0 fully saturated rings. The number of aromatic nitrogens is 3. The van der Waals surface area contributed by atoms with Crippen LogP contribution in [0.25, 0.3) is 0 Å². The Labute approximate surface area is 115 Å². The SMILES string of the molecule is CCC(C)(NC(=O)Nc1cnn(C)c1)c1nccs1. The monoisotopic (exact) mass is 279 g/mol. The third-order valence-electron chi connectivity index (χ3n) is 2.96. The van der Waals surface area contributed by atoms with Gasteiger partial charge in [-0.25, -0.2) is 9.78 Å². The first kappa shape index (κ1) is 13.5. The Morgan fingerprint density at radius 3 is 2.89 bits per heavy atom. The van der Waals surface area contributed by atoms with Crippen LogP contribution in [0.3, 0.4) is 0 Å². The maximum atomic E-state index is 12.0. The first-order chi connectivity index (χ1) is 9.03. The second-order valence-electron chi connectivity index (χ2n) is 4.50. The van der Waals surface area contributed by atoms with Crippen LogP contribution in [-0.4, -0.2) is 20.8 Å². The molecule has 2 amide bonds. The van der Waals surface area contributed by atoms with Gasteiger partial charge in [0, 0.05) is 24.8 Å². The minimum absolute atomic E-state index is 0.257. The number of anilines is 1. The summed E-state index contributed by atoms with van der Waals surface area (Å²) in [6.45, 7) is 3.99. The highest BCUT2D eigenvalue weighted by molar-refractivity contribution is 7.09. The van der Waals surface area contributed by atoms with E-state index in [0.717, 1.165) is 11.4 Å². The molecule has 1 unspecified atom stereocenters. The molecule has 0 aliphatic carbocycles. The zero-order chi connectivity index (χ0) is 13.9. The van der Waals surface area contributed by atoms with Crippen LogP contribution in [0.4, 0.5) is 10.5 Å². The second kappa shape index (κ2) is 5.40. The lowest BCUT2D eigenvalue weighted by molar-refractivity contribution is 0.238. The van der Waals surface area contributed by atoms with Crippen LogP contribution in [0.2, 0.25) is 0 Å². The summed E-state index contributed by atoms with van der Waals surface area (Å²) in [4.78, 5) is 16.3. The predicted molar refractivity (Wildman–Crippen MR) is 75.1 cm³/mol. The number of thiazole rings is 1. The molecule has 0 aliphatic rings. The van der Waals surface area contributed by atoms with Gasteiger partial charge in [0.05, 0.1) is 17.4 Å². The molecule has 6 nitrogen and oxygen atoms in total. The van der Waals surface area contributed by atoms with Gasteiger partial charge in [-0.15, -0.1) is 11.3 Å². The first-order valence-electron chi connectivity index (χ1n) is 6.01. The van der Waals surface area contributed by atoms with E-state index in [-0.39, 0.29) is 6.03 Å². The number of carbonyl (C=O) groups excluding carboxylic acids is 1. The molecule has 19 heavy (non-hydrogen) atoms. The fourth-order valence-electron chi connectivity index (χ4n) is 1.69. The van der Waals surface area contributed by atoms with Gasteiger partial charge in [-0.05, 0) is 13.3 Å². The molecule has 2 aromatic rings. The summed E-state index contributed by atoms with van der Waals surface area (Å²) in [5.41, 5.74) is 0.207. The predicted octanol–water partition coefficient (Wildman–Crippen LogP) is 2.32. The molecule has 0 radical (unpaired) electrons. The van der Waals surface area contributed by atoms with Gasteiger partial charge in [-0.2, -0.15) is 5.10 Å². The fourth-order valence-corrected chi connectivity index (χ4v) is 2.52. The molecule has 0 saturated heterocycles. The number of nitrogens with zero attached hydrogens (tertiary/aromatic N) is 3. The van der Waals surface area contributed by atoms with Gasteiger partial charge in [-0.1, -0.05) is 6.92 Å². The third kappa shape index (κ3) is 3.11. The molecule has 2 heterocycles. The summed E-state index contributed by atoms with van der Waals surface area (Å²) in [6, 6.07) is -0.257.